The van der Waals surface area contributed by atoms with Crippen molar-refractivity contribution in [2.45, 2.75) is 18.6 Å². The van der Waals surface area contributed by atoms with Gasteiger partial charge in [0.25, 0.3) is 0 Å². The number of ether oxygens (including phenoxy) is 1. The van der Waals surface area contributed by atoms with Gasteiger partial charge in [-0.15, -0.1) is 0 Å². The van der Waals surface area contributed by atoms with Gasteiger partial charge in [-0.3, -0.25) is 0 Å². The molecule has 0 bridgehead atoms. The van der Waals surface area contributed by atoms with Gasteiger partial charge in [-0.1, -0.05) is 15.9 Å². The fourth-order valence-corrected chi connectivity index (χ4v) is 3.04. The van der Waals surface area contributed by atoms with E-state index in [1.54, 1.807) is 6.92 Å². The maximum absolute atomic E-state index is 9.47. The molecule has 0 aromatic heterocycles. The van der Waals surface area contributed by atoms with Crippen LogP contribution in [0.1, 0.15) is 18.6 Å². The molecule has 7 heteroatoms. The summed E-state index contributed by atoms with van der Waals surface area (Å²) in [5, 5.41) is 9.47. The van der Waals surface area contributed by atoms with Gasteiger partial charge >= 0.3 is 7.12 Å². The Morgan fingerprint density at radius 2 is 2.37 bits per heavy atom. The highest BCUT2D eigenvalue weighted by Crippen LogP contribution is 2.36. The number of benzene rings is 1. The fourth-order valence-electron chi connectivity index (χ4n) is 2.44. The molecule has 0 saturated carbocycles. The van der Waals surface area contributed by atoms with Crippen LogP contribution in [0.2, 0.25) is 0 Å². The fraction of sp³-hybridized carbons (Fsp3) is 0.500. The summed E-state index contributed by atoms with van der Waals surface area (Å²) in [6.45, 7) is 2.31. The predicted octanol–water partition coefficient (Wildman–Crippen LogP) is 0.334. The van der Waals surface area contributed by atoms with Crippen molar-refractivity contribution in [3.8, 4) is 5.75 Å². The normalized spacial score (nSPS) is 28.8. The molecule has 0 saturated heterocycles. The van der Waals surface area contributed by atoms with Crippen molar-refractivity contribution < 1.29 is 19.2 Å². The maximum Gasteiger partial charge on any atom is 0.499 e. The lowest BCUT2D eigenvalue weighted by atomic mass is 9.77. The zero-order valence-corrected chi connectivity index (χ0v) is 12.1. The van der Waals surface area contributed by atoms with Crippen LogP contribution in [0.15, 0.2) is 16.6 Å². The first-order valence-corrected chi connectivity index (χ1v) is 6.96. The maximum atomic E-state index is 9.47. The molecule has 0 spiro atoms. The smallest absolute Gasteiger partial charge is 0.491 e. The first-order valence-electron chi connectivity index (χ1n) is 6.17. The molecule has 1 aromatic rings. The van der Waals surface area contributed by atoms with Crippen molar-refractivity contribution in [2.24, 2.45) is 5.73 Å². The van der Waals surface area contributed by atoms with Crippen LogP contribution in [0.4, 0.5) is 0 Å². The van der Waals surface area contributed by atoms with Gasteiger partial charge in [0.05, 0.1) is 12.7 Å². The Morgan fingerprint density at radius 3 is 3.05 bits per heavy atom. The number of nitrogens with two attached hydrogens (primary N) is 1. The highest BCUT2D eigenvalue weighted by Gasteiger charge is 2.47. The number of hydrogen-bond acceptors (Lipinski definition) is 5. The summed E-state index contributed by atoms with van der Waals surface area (Å²) in [5.41, 5.74) is 6.83. The summed E-state index contributed by atoms with van der Waals surface area (Å²) in [5.74, 6) is 0.733. The molecule has 19 heavy (non-hydrogen) atoms. The van der Waals surface area contributed by atoms with Gasteiger partial charge in [0.15, 0.2) is 0 Å². The zero-order valence-electron chi connectivity index (χ0n) is 10.6. The minimum absolute atomic E-state index is 0.134. The van der Waals surface area contributed by atoms with E-state index in [-0.39, 0.29) is 19.3 Å². The van der Waals surface area contributed by atoms with E-state index in [1.807, 2.05) is 12.1 Å². The molecular weight excluding hydrogens is 313 g/mol. The molecule has 1 unspecified atom stereocenters. The molecule has 3 N–H and O–H groups in total. The van der Waals surface area contributed by atoms with E-state index in [1.165, 1.54) is 0 Å². The first kappa shape index (κ1) is 13.4. The van der Waals surface area contributed by atoms with E-state index in [9.17, 15) is 5.11 Å². The minimum Gasteiger partial charge on any atom is -0.491 e. The second-order valence-electron chi connectivity index (χ2n) is 5.08. The molecule has 2 atom stereocenters. The van der Waals surface area contributed by atoms with Gasteiger partial charge in [0.2, 0.25) is 0 Å². The molecule has 5 nitrogen and oxygen atoms in total. The van der Waals surface area contributed by atoms with Crippen LogP contribution in [0.25, 0.3) is 0 Å². The molecule has 1 aromatic carbocycles. The van der Waals surface area contributed by atoms with Crippen molar-refractivity contribution in [3.05, 3.63) is 22.2 Å². The van der Waals surface area contributed by atoms with Gasteiger partial charge in [0.1, 0.15) is 18.0 Å². The molecule has 2 heterocycles. The second-order valence-corrected chi connectivity index (χ2v) is 5.93. The molecule has 3 rings (SSSR count). The van der Waals surface area contributed by atoms with E-state index in [4.69, 9.17) is 19.8 Å². The van der Waals surface area contributed by atoms with E-state index in [0.29, 0.717) is 6.54 Å². The third kappa shape index (κ3) is 2.09. The third-order valence-corrected chi connectivity index (χ3v) is 4.20. The molecule has 0 aliphatic carbocycles. The summed E-state index contributed by atoms with van der Waals surface area (Å²) in [7, 11) is -0.546. The summed E-state index contributed by atoms with van der Waals surface area (Å²) < 4.78 is 18.4. The quantitative estimate of drug-likeness (QED) is 0.766. The topological polar surface area (TPSA) is 73.9 Å². The average molecular weight is 328 g/mol. The number of aliphatic hydroxyl groups excluding tert-OH is 1. The van der Waals surface area contributed by atoms with Crippen LogP contribution in [-0.4, -0.2) is 37.6 Å². The first-order chi connectivity index (χ1) is 9.08. The number of hydrogen-bond donors (Lipinski definition) is 2. The van der Waals surface area contributed by atoms with E-state index >= 15 is 0 Å². The number of aliphatic hydroxyl groups is 1. The SMILES string of the molecule is C[C@]1(CO)COc2ccc(Br)c3c2B(OC3CN)O1. The van der Waals surface area contributed by atoms with Crippen molar-refractivity contribution in [3.63, 3.8) is 0 Å². The lowest BCUT2D eigenvalue weighted by Gasteiger charge is -2.27. The summed E-state index contributed by atoms with van der Waals surface area (Å²) in [6, 6.07) is 3.80. The van der Waals surface area contributed by atoms with Crippen LogP contribution in [0.3, 0.4) is 0 Å². The Morgan fingerprint density at radius 1 is 1.58 bits per heavy atom. The van der Waals surface area contributed by atoms with Gasteiger partial charge in [-0.2, -0.15) is 0 Å². The third-order valence-electron chi connectivity index (χ3n) is 3.51. The lowest BCUT2D eigenvalue weighted by molar-refractivity contribution is -0.0265. The summed E-state index contributed by atoms with van der Waals surface area (Å²) in [6.07, 6.45) is -0.223. The van der Waals surface area contributed by atoms with Crippen LogP contribution >= 0.6 is 15.9 Å². The largest absolute Gasteiger partial charge is 0.499 e. The van der Waals surface area contributed by atoms with Crippen LogP contribution in [0.5, 0.6) is 5.75 Å². The van der Waals surface area contributed by atoms with Crippen molar-refractivity contribution in [2.75, 3.05) is 19.8 Å². The Balaban J connectivity index is 2.09. The van der Waals surface area contributed by atoms with Crippen LogP contribution in [0, 0.1) is 0 Å². The highest BCUT2D eigenvalue weighted by molar-refractivity contribution is 9.10. The minimum atomic E-state index is -0.781. The average Bonchev–Trinajstić information content (AvgIpc) is 2.70. The van der Waals surface area contributed by atoms with Crippen molar-refractivity contribution in [1.29, 1.82) is 0 Å². The van der Waals surface area contributed by atoms with Gasteiger partial charge in [-0.05, 0) is 24.6 Å². The van der Waals surface area contributed by atoms with E-state index < -0.39 is 12.7 Å². The van der Waals surface area contributed by atoms with E-state index in [0.717, 1.165) is 21.2 Å². The second kappa shape index (κ2) is 4.75. The number of rotatable bonds is 2. The standard InChI is InChI=1S/C12H15BBrNO4/c1-12(5-16)6-17-8-3-2-7(14)10-9(4-15)18-13(19-12)11(8)10/h2-3,9,16H,4-6,15H2,1H3/t9?,12-/m0/s1. The Hall–Kier alpha value is -0.595. The molecule has 0 amide bonds. The highest BCUT2D eigenvalue weighted by atomic mass is 79.9. The van der Waals surface area contributed by atoms with Crippen molar-refractivity contribution >= 4 is 28.5 Å². The predicted molar refractivity (Wildman–Crippen MR) is 74.5 cm³/mol. The molecule has 102 valence electrons. The van der Waals surface area contributed by atoms with Gasteiger partial charge in [0, 0.05) is 16.5 Å². The van der Waals surface area contributed by atoms with Crippen LogP contribution < -0.4 is 15.9 Å². The Bertz CT molecular complexity index is 515. The van der Waals surface area contributed by atoms with Gasteiger partial charge in [-0.25, -0.2) is 0 Å². The molecule has 0 radical (unpaired) electrons. The monoisotopic (exact) mass is 327 g/mol. The lowest BCUT2D eigenvalue weighted by Crippen LogP contribution is -2.45. The van der Waals surface area contributed by atoms with Crippen LogP contribution in [-0.2, 0) is 9.31 Å². The van der Waals surface area contributed by atoms with Gasteiger partial charge < -0.3 is 24.9 Å². The summed E-state index contributed by atoms with van der Waals surface area (Å²) in [4.78, 5) is 0. The van der Waals surface area contributed by atoms with Crippen molar-refractivity contribution in [1.82, 2.24) is 0 Å². The molecular formula is C12H15BBrNO4. The summed E-state index contributed by atoms with van der Waals surface area (Å²) >= 11 is 3.52. The zero-order chi connectivity index (χ0) is 13.6. The number of halogens is 1. The molecule has 2 aliphatic heterocycles. The Kier molecular flexibility index (Phi) is 3.35. The van der Waals surface area contributed by atoms with E-state index in [2.05, 4.69) is 15.9 Å². The molecule has 2 aliphatic rings. The molecule has 0 fully saturated rings. The Labute approximate surface area is 120 Å².